The molecule has 1 aromatic carbocycles. The van der Waals surface area contributed by atoms with E-state index in [-0.39, 0.29) is 36.4 Å². The molecule has 1 aromatic rings. The van der Waals surface area contributed by atoms with Crippen LogP contribution in [-0.4, -0.2) is 77.1 Å². The molecule has 1 saturated heterocycles. The van der Waals surface area contributed by atoms with Gasteiger partial charge in [0.25, 0.3) is 5.91 Å². The molecule has 0 radical (unpaired) electrons. The summed E-state index contributed by atoms with van der Waals surface area (Å²) >= 11 is 0. The van der Waals surface area contributed by atoms with Crippen molar-refractivity contribution in [3.05, 3.63) is 34.9 Å². The molecule has 1 unspecified atom stereocenters. The van der Waals surface area contributed by atoms with Crippen molar-refractivity contribution in [2.75, 3.05) is 19.8 Å². The normalized spacial score (nSPS) is 22.8. The highest BCUT2D eigenvalue weighted by Crippen LogP contribution is 2.28. The van der Waals surface area contributed by atoms with E-state index >= 15 is 0 Å². The van der Waals surface area contributed by atoms with E-state index in [4.69, 9.17) is 15.2 Å². The number of hydrogen-bond acceptors (Lipinski definition) is 7. The van der Waals surface area contributed by atoms with Crippen LogP contribution in [0.2, 0.25) is 0 Å². The molecule has 10 heteroatoms. The highest BCUT2D eigenvalue weighted by Gasteiger charge is 2.39. The number of nitrogens with one attached hydrogen (secondary N) is 1. The Labute approximate surface area is 235 Å². The Hall–Kier alpha value is -3.42. The quantitative estimate of drug-likeness (QED) is 0.302. The van der Waals surface area contributed by atoms with Gasteiger partial charge in [-0.2, -0.15) is 0 Å². The summed E-state index contributed by atoms with van der Waals surface area (Å²) in [6, 6.07) is 5.09. The standard InChI is InChI=1S/C30H40N4O6/c1-30(2,3)40-29(38)33(23-10-8-22(31)9-11-23)15-17-39-16-5-4-6-20-7-12-24-21(18-20)19-34(28(24)37)25-13-14-26(35)32-27(25)36/h7,12,18,22-23,25H,5,8-11,13-17,19,31H2,1-3H3,(H,32,35,36)/t22-,23-,25?. The Kier molecular flexibility index (Phi) is 9.48. The number of nitrogens with zero attached hydrogens (tertiary/aromatic N) is 2. The first-order chi connectivity index (χ1) is 19.0. The molecular formula is C30H40N4O6. The van der Waals surface area contributed by atoms with Crippen LogP contribution in [0.4, 0.5) is 4.79 Å². The lowest BCUT2D eigenvalue weighted by Crippen LogP contribution is -2.52. The van der Waals surface area contributed by atoms with Crippen LogP contribution in [0.15, 0.2) is 18.2 Å². The van der Waals surface area contributed by atoms with Gasteiger partial charge in [-0.15, -0.1) is 0 Å². The molecule has 3 aliphatic rings. The maximum atomic E-state index is 12.8. The van der Waals surface area contributed by atoms with Gasteiger partial charge in [0.2, 0.25) is 11.8 Å². The van der Waals surface area contributed by atoms with Crippen molar-refractivity contribution < 1.29 is 28.7 Å². The fourth-order valence-electron chi connectivity index (χ4n) is 5.36. The highest BCUT2D eigenvalue weighted by atomic mass is 16.6. The molecule has 2 fully saturated rings. The van der Waals surface area contributed by atoms with Crippen LogP contribution >= 0.6 is 0 Å². The largest absolute Gasteiger partial charge is 0.444 e. The number of carbonyl (C=O) groups is 4. The number of fused-ring (bicyclic) bond motifs is 1. The molecular weight excluding hydrogens is 512 g/mol. The average Bonchev–Trinajstić information content (AvgIpc) is 3.20. The Balaban J connectivity index is 1.25. The van der Waals surface area contributed by atoms with E-state index in [0.717, 1.165) is 36.8 Å². The van der Waals surface area contributed by atoms with Crippen LogP contribution in [0.1, 0.15) is 87.2 Å². The van der Waals surface area contributed by atoms with Crippen molar-refractivity contribution in [2.24, 2.45) is 5.73 Å². The number of rotatable bonds is 7. The second-order valence-electron chi connectivity index (χ2n) is 11.7. The molecule has 2 aliphatic heterocycles. The van der Waals surface area contributed by atoms with Gasteiger partial charge >= 0.3 is 6.09 Å². The lowest BCUT2D eigenvalue weighted by atomic mass is 9.91. The van der Waals surface area contributed by atoms with Crippen LogP contribution in [-0.2, 0) is 25.6 Å². The zero-order valence-electron chi connectivity index (χ0n) is 23.7. The van der Waals surface area contributed by atoms with E-state index in [1.165, 1.54) is 4.90 Å². The second-order valence-corrected chi connectivity index (χ2v) is 11.7. The van der Waals surface area contributed by atoms with E-state index in [1.807, 2.05) is 26.8 Å². The Morgan fingerprint density at radius 1 is 1.12 bits per heavy atom. The van der Waals surface area contributed by atoms with Gasteiger partial charge in [-0.25, -0.2) is 4.79 Å². The minimum absolute atomic E-state index is 0.107. The van der Waals surface area contributed by atoms with Crippen LogP contribution in [0.25, 0.3) is 0 Å². The highest BCUT2D eigenvalue weighted by molar-refractivity contribution is 6.05. The van der Waals surface area contributed by atoms with Crippen LogP contribution < -0.4 is 11.1 Å². The zero-order valence-corrected chi connectivity index (χ0v) is 23.7. The number of imide groups is 1. The van der Waals surface area contributed by atoms with Gasteiger partial charge in [0.15, 0.2) is 0 Å². The number of piperidine rings is 1. The molecule has 10 nitrogen and oxygen atoms in total. The molecule has 1 aliphatic carbocycles. The van der Waals surface area contributed by atoms with E-state index in [1.54, 1.807) is 17.0 Å². The maximum Gasteiger partial charge on any atom is 0.410 e. The zero-order chi connectivity index (χ0) is 28.9. The lowest BCUT2D eigenvalue weighted by Gasteiger charge is -2.36. The molecule has 4 rings (SSSR count). The third-order valence-corrected chi connectivity index (χ3v) is 7.41. The number of nitrogens with two attached hydrogens (primary N) is 1. The number of benzene rings is 1. The third kappa shape index (κ3) is 7.61. The number of hydrogen-bond donors (Lipinski definition) is 2. The molecule has 0 bridgehead atoms. The van der Waals surface area contributed by atoms with Gasteiger partial charge < -0.3 is 25.0 Å². The smallest absolute Gasteiger partial charge is 0.410 e. The Morgan fingerprint density at radius 3 is 2.58 bits per heavy atom. The monoisotopic (exact) mass is 552 g/mol. The number of carbonyl (C=O) groups excluding carboxylic acids is 4. The van der Waals surface area contributed by atoms with Crippen LogP contribution in [0.5, 0.6) is 0 Å². The number of ether oxygens (including phenoxy) is 2. The maximum absolute atomic E-state index is 12.8. The van der Waals surface area contributed by atoms with Crippen molar-refractivity contribution >= 4 is 23.8 Å². The SMILES string of the molecule is CC(C)(C)OC(=O)N(CCOCCC#Cc1ccc2c(c1)CN(C1CCC(=O)NC1=O)C2=O)[C@H]1CC[C@H](N)CC1. The van der Waals surface area contributed by atoms with Crippen molar-refractivity contribution in [2.45, 2.75) is 96.0 Å². The first-order valence-corrected chi connectivity index (χ1v) is 14.1. The molecule has 2 heterocycles. The molecule has 0 spiro atoms. The summed E-state index contributed by atoms with van der Waals surface area (Å²) in [5.41, 5.74) is 7.65. The van der Waals surface area contributed by atoms with E-state index in [2.05, 4.69) is 17.2 Å². The summed E-state index contributed by atoms with van der Waals surface area (Å²) in [7, 11) is 0. The first-order valence-electron chi connectivity index (χ1n) is 14.1. The Morgan fingerprint density at radius 2 is 1.88 bits per heavy atom. The summed E-state index contributed by atoms with van der Waals surface area (Å²) in [5.74, 6) is 5.30. The van der Waals surface area contributed by atoms with Gasteiger partial charge in [0.05, 0.1) is 13.2 Å². The molecule has 4 amide bonds. The predicted octanol–water partition coefficient (Wildman–Crippen LogP) is 2.71. The van der Waals surface area contributed by atoms with Gasteiger partial charge in [-0.1, -0.05) is 11.8 Å². The van der Waals surface area contributed by atoms with Crippen molar-refractivity contribution in [3.8, 4) is 11.8 Å². The summed E-state index contributed by atoms with van der Waals surface area (Å²) in [4.78, 5) is 52.7. The summed E-state index contributed by atoms with van der Waals surface area (Å²) < 4.78 is 11.4. The van der Waals surface area contributed by atoms with Crippen molar-refractivity contribution in [3.63, 3.8) is 0 Å². The molecule has 1 atom stereocenters. The Bertz CT molecular complexity index is 1190. The van der Waals surface area contributed by atoms with Crippen molar-refractivity contribution in [1.29, 1.82) is 0 Å². The third-order valence-electron chi connectivity index (χ3n) is 7.41. The van der Waals surface area contributed by atoms with Gasteiger partial charge in [0.1, 0.15) is 11.6 Å². The molecule has 1 saturated carbocycles. The summed E-state index contributed by atoms with van der Waals surface area (Å²) in [6.07, 6.45) is 4.28. The molecule has 40 heavy (non-hydrogen) atoms. The van der Waals surface area contributed by atoms with Gasteiger partial charge in [-0.05, 0) is 76.6 Å². The topological polar surface area (TPSA) is 131 Å². The molecule has 216 valence electrons. The molecule has 3 N–H and O–H groups in total. The van der Waals surface area contributed by atoms with Gasteiger partial charge in [0, 0.05) is 49.1 Å². The minimum Gasteiger partial charge on any atom is -0.444 e. The van der Waals surface area contributed by atoms with Crippen LogP contribution in [0, 0.1) is 11.8 Å². The van der Waals surface area contributed by atoms with E-state index in [0.29, 0.717) is 44.7 Å². The summed E-state index contributed by atoms with van der Waals surface area (Å²) in [5, 5.41) is 2.32. The number of amides is 4. The van der Waals surface area contributed by atoms with E-state index < -0.39 is 17.6 Å². The predicted molar refractivity (Wildman–Crippen MR) is 148 cm³/mol. The summed E-state index contributed by atoms with van der Waals surface area (Å²) in [6.45, 7) is 7.18. The van der Waals surface area contributed by atoms with Gasteiger partial charge in [-0.3, -0.25) is 19.7 Å². The van der Waals surface area contributed by atoms with E-state index in [9.17, 15) is 19.2 Å². The second kappa shape index (κ2) is 12.8. The van der Waals surface area contributed by atoms with Crippen LogP contribution in [0.3, 0.4) is 0 Å². The molecule has 0 aromatic heterocycles. The fourth-order valence-corrected chi connectivity index (χ4v) is 5.36. The van der Waals surface area contributed by atoms with Crippen molar-refractivity contribution in [1.82, 2.24) is 15.1 Å². The fraction of sp³-hybridized carbons (Fsp3) is 0.600. The first kappa shape index (κ1) is 29.6. The lowest BCUT2D eigenvalue weighted by molar-refractivity contribution is -0.136. The average molecular weight is 553 g/mol. The minimum atomic E-state index is -0.633.